The van der Waals surface area contributed by atoms with E-state index in [9.17, 15) is 9.50 Å². The third-order valence-electron chi connectivity index (χ3n) is 5.84. The molecule has 0 amide bonds. The molecule has 1 N–H and O–H groups in total. The summed E-state index contributed by atoms with van der Waals surface area (Å²) in [5.41, 5.74) is 0.579. The van der Waals surface area contributed by atoms with Crippen LogP contribution in [0.4, 0.5) is 4.39 Å². The van der Waals surface area contributed by atoms with Crippen LogP contribution in [0.5, 0.6) is 0 Å². The van der Waals surface area contributed by atoms with E-state index in [1.165, 1.54) is 44.7 Å². The fourth-order valence-electron chi connectivity index (χ4n) is 4.58. The molecule has 1 aromatic rings. The molecule has 2 aliphatic rings. The predicted octanol–water partition coefficient (Wildman–Crippen LogP) is 4.02. The lowest BCUT2D eigenvalue weighted by atomic mass is 9.75. The van der Waals surface area contributed by atoms with Gasteiger partial charge in [-0.25, -0.2) is 4.39 Å². The molecule has 1 atom stereocenters. The molecule has 0 radical (unpaired) electrons. The summed E-state index contributed by atoms with van der Waals surface area (Å²) >= 11 is 0. The second kappa shape index (κ2) is 7.76. The summed E-state index contributed by atoms with van der Waals surface area (Å²) in [6.45, 7) is 3.37. The van der Waals surface area contributed by atoms with Crippen LogP contribution in [0.3, 0.4) is 0 Å². The fourth-order valence-corrected chi connectivity index (χ4v) is 4.58. The second-order valence-corrected chi connectivity index (χ2v) is 7.77. The summed E-state index contributed by atoms with van der Waals surface area (Å²) in [7, 11) is 0. The summed E-state index contributed by atoms with van der Waals surface area (Å²) in [6, 6.07) is 7.03. The smallest absolute Gasteiger partial charge is 0.126 e. The maximum Gasteiger partial charge on any atom is 0.126 e. The Morgan fingerprint density at radius 1 is 1.13 bits per heavy atom. The number of piperidine rings is 1. The van der Waals surface area contributed by atoms with Gasteiger partial charge in [-0.3, -0.25) is 0 Å². The standard InChI is InChI=1S/C20H30FNO/c21-19-10-5-4-9-18(19)13-20(16-23)11-6-12-22(15-20)14-17-7-2-1-3-8-17/h4-5,9-10,17,23H,1-3,6-8,11-16H2/t20-/m1/s1. The quantitative estimate of drug-likeness (QED) is 0.886. The van der Waals surface area contributed by atoms with Crippen LogP contribution >= 0.6 is 0 Å². The van der Waals surface area contributed by atoms with Gasteiger partial charge in [-0.2, -0.15) is 0 Å². The molecule has 128 valence electrons. The Hall–Kier alpha value is -0.930. The van der Waals surface area contributed by atoms with Crippen LogP contribution in [0.15, 0.2) is 24.3 Å². The lowest BCUT2D eigenvalue weighted by Gasteiger charge is -2.43. The van der Waals surface area contributed by atoms with Gasteiger partial charge >= 0.3 is 0 Å². The molecule has 0 spiro atoms. The van der Waals surface area contributed by atoms with Crippen molar-refractivity contribution in [2.75, 3.05) is 26.2 Å². The van der Waals surface area contributed by atoms with Crippen LogP contribution in [0.2, 0.25) is 0 Å². The van der Waals surface area contributed by atoms with E-state index in [4.69, 9.17) is 0 Å². The molecule has 0 unspecified atom stereocenters. The highest BCUT2D eigenvalue weighted by molar-refractivity contribution is 5.19. The number of rotatable bonds is 5. The van der Waals surface area contributed by atoms with E-state index in [0.29, 0.717) is 6.42 Å². The maximum atomic E-state index is 14.0. The average Bonchev–Trinajstić information content (AvgIpc) is 2.58. The van der Waals surface area contributed by atoms with E-state index >= 15 is 0 Å². The Balaban J connectivity index is 1.65. The minimum atomic E-state index is -0.172. The van der Waals surface area contributed by atoms with E-state index in [1.54, 1.807) is 6.07 Å². The first-order valence-corrected chi connectivity index (χ1v) is 9.27. The molecule has 3 rings (SSSR count). The van der Waals surface area contributed by atoms with Crippen LogP contribution in [0.25, 0.3) is 0 Å². The molecule has 3 heteroatoms. The van der Waals surface area contributed by atoms with Crippen molar-refractivity contribution in [2.45, 2.75) is 51.4 Å². The zero-order chi connectivity index (χ0) is 16.1. The van der Waals surface area contributed by atoms with Gasteiger partial charge in [-0.15, -0.1) is 0 Å². The van der Waals surface area contributed by atoms with Crippen LogP contribution in [0.1, 0.15) is 50.5 Å². The maximum absolute atomic E-state index is 14.0. The minimum Gasteiger partial charge on any atom is -0.396 e. The molecule has 0 aromatic heterocycles. The Morgan fingerprint density at radius 3 is 2.65 bits per heavy atom. The lowest BCUT2D eigenvalue weighted by Crippen LogP contribution is -2.48. The van der Waals surface area contributed by atoms with E-state index in [1.807, 2.05) is 12.1 Å². The van der Waals surface area contributed by atoms with E-state index < -0.39 is 0 Å². The van der Waals surface area contributed by atoms with Crippen molar-refractivity contribution >= 4 is 0 Å². The molecule has 1 heterocycles. The van der Waals surface area contributed by atoms with Crippen LogP contribution in [-0.4, -0.2) is 36.2 Å². The van der Waals surface area contributed by atoms with Gasteiger partial charge in [0.05, 0.1) is 6.61 Å². The van der Waals surface area contributed by atoms with Gasteiger partial charge in [0.2, 0.25) is 0 Å². The molecule has 1 saturated heterocycles. The van der Waals surface area contributed by atoms with Crippen molar-refractivity contribution < 1.29 is 9.50 Å². The molecule has 1 aliphatic heterocycles. The molecule has 0 bridgehead atoms. The predicted molar refractivity (Wildman–Crippen MR) is 91.9 cm³/mol. The van der Waals surface area contributed by atoms with Crippen molar-refractivity contribution in [2.24, 2.45) is 11.3 Å². The van der Waals surface area contributed by atoms with Crippen molar-refractivity contribution in [1.29, 1.82) is 0 Å². The van der Waals surface area contributed by atoms with Gasteiger partial charge < -0.3 is 10.0 Å². The third kappa shape index (κ3) is 4.33. The Bertz CT molecular complexity index is 500. The zero-order valence-electron chi connectivity index (χ0n) is 14.1. The number of likely N-dealkylation sites (tertiary alicyclic amines) is 1. The summed E-state index contributed by atoms with van der Waals surface area (Å²) in [5, 5.41) is 10.1. The highest BCUT2D eigenvalue weighted by Crippen LogP contribution is 2.35. The monoisotopic (exact) mass is 319 g/mol. The summed E-state index contributed by atoms with van der Waals surface area (Å²) in [6.07, 6.45) is 9.62. The van der Waals surface area contributed by atoms with E-state index in [2.05, 4.69) is 4.90 Å². The number of halogens is 1. The van der Waals surface area contributed by atoms with Crippen LogP contribution in [0, 0.1) is 17.2 Å². The van der Waals surface area contributed by atoms with Gasteiger partial charge in [0.25, 0.3) is 0 Å². The third-order valence-corrected chi connectivity index (χ3v) is 5.84. The first-order valence-electron chi connectivity index (χ1n) is 9.27. The second-order valence-electron chi connectivity index (χ2n) is 7.77. The lowest BCUT2D eigenvalue weighted by molar-refractivity contribution is 0.0225. The van der Waals surface area contributed by atoms with Gasteiger partial charge in [-0.05, 0) is 56.2 Å². The Morgan fingerprint density at radius 2 is 1.91 bits per heavy atom. The van der Waals surface area contributed by atoms with Crippen molar-refractivity contribution in [3.05, 3.63) is 35.6 Å². The van der Waals surface area contributed by atoms with Crippen LogP contribution < -0.4 is 0 Å². The fraction of sp³-hybridized carbons (Fsp3) is 0.700. The van der Waals surface area contributed by atoms with Gasteiger partial charge in [0, 0.05) is 18.5 Å². The number of aliphatic hydroxyl groups is 1. The van der Waals surface area contributed by atoms with Crippen molar-refractivity contribution in [3.63, 3.8) is 0 Å². The molecule has 23 heavy (non-hydrogen) atoms. The Labute approximate surface area is 139 Å². The molecule has 2 fully saturated rings. The highest BCUT2D eigenvalue weighted by Gasteiger charge is 2.36. The first kappa shape index (κ1) is 16.9. The zero-order valence-corrected chi connectivity index (χ0v) is 14.1. The highest BCUT2D eigenvalue weighted by atomic mass is 19.1. The van der Waals surface area contributed by atoms with E-state index in [0.717, 1.165) is 37.4 Å². The van der Waals surface area contributed by atoms with Gasteiger partial charge in [0.15, 0.2) is 0 Å². The minimum absolute atomic E-state index is 0.135. The normalized spacial score (nSPS) is 27.2. The molecular weight excluding hydrogens is 289 g/mol. The van der Waals surface area contributed by atoms with Crippen molar-refractivity contribution in [3.8, 4) is 0 Å². The molecule has 2 nitrogen and oxygen atoms in total. The molecule has 1 aliphatic carbocycles. The number of aliphatic hydroxyl groups excluding tert-OH is 1. The average molecular weight is 319 g/mol. The SMILES string of the molecule is OC[C@@]1(Cc2ccccc2F)CCCN(CC2CCCCC2)C1. The number of hydrogen-bond acceptors (Lipinski definition) is 2. The molecular formula is C20H30FNO. The van der Waals surface area contributed by atoms with Crippen LogP contribution in [-0.2, 0) is 6.42 Å². The largest absolute Gasteiger partial charge is 0.396 e. The molecule has 1 saturated carbocycles. The van der Waals surface area contributed by atoms with E-state index in [-0.39, 0.29) is 17.8 Å². The summed E-state index contributed by atoms with van der Waals surface area (Å²) < 4.78 is 14.0. The molecule has 1 aromatic carbocycles. The number of benzene rings is 1. The van der Waals surface area contributed by atoms with Crippen molar-refractivity contribution in [1.82, 2.24) is 4.90 Å². The summed E-state index contributed by atoms with van der Waals surface area (Å²) in [5.74, 6) is 0.691. The van der Waals surface area contributed by atoms with Gasteiger partial charge in [0.1, 0.15) is 5.82 Å². The first-order chi connectivity index (χ1) is 11.2. The van der Waals surface area contributed by atoms with Gasteiger partial charge in [-0.1, -0.05) is 37.5 Å². The number of nitrogens with zero attached hydrogens (tertiary/aromatic N) is 1. The topological polar surface area (TPSA) is 23.5 Å². The Kier molecular flexibility index (Phi) is 5.71. The number of hydrogen-bond donors (Lipinski definition) is 1. The summed E-state index contributed by atoms with van der Waals surface area (Å²) in [4.78, 5) is 2.54.